The van der Waals surface area contributed by atoms with Crippen molar-refractivity contribution in [3.8, 4) is 5.75 Å². The lowest BCUT2D eigenvalue weighted by molar-refractivity contribution is 0.333. The van der Waals surface area contributed by atoms with Crippen molar-refractivity contribution < 1.29 is 4.74 Å². The topological polar surface area (TPSA) is 46.2 Å². The maximum Gasteiger partial charge on any atom is 0.168 e. The van der Waals surface area contributed by atoms with E-state index in [9.17, 15) is 0 Å². The van der Waals surface area contributed by atoms with Crippen molar-refractivity contribution in [2.24, 2.45) is 5.92 Å². The normalized spacial score (nSPS) is 21.3. The Morgan fingerprint density at radius 2 is 2.50 bits per heavy atom. The van der Waals surface area contributed by atoms with Crippen LogP contribution in [0.25, 0.3) is 0 Å². The molecule has 2 unspecified atom stereocenters. The lowest BCUT2D eigenvalue weighted by Gasteiger charge is -2.29. The Morgan fingerprint density at radius 1 is 1.61 bits per heavy atom. The zero-order valence-corrected chi connectivity index (χ0v) is 11.3. The van der Waals surface area contributed by atoms with Gasteiger partial charge in [0.2, 0.25) is 0 Å². The summed E-state index contributed by atoms with van der Waals surface area (Å²) >= 11 is 0. The SMILES string of the molecule is CCOc1cccnc1NC(C)C1CCCNC1. The zero-order valence-electron chi connectivity index (χ0n) is 11.3. The first-order chi connectivity index (χ1) is 8.81. The number of ether oxygens (including phenoxy) is 1. The van der Waals surface area contributed by atoms with Crippen LogP contribution in [-0.2, 0) is 0 Å². The Bertz CT molecular complexity index is 364. The second-order valence-corrected chi connectivity index (χ2v) is 4.82. The molecule has 0 aromatic carbocycles. The zero-order chi connectivity index (χ0) is 12.8. The molecule has 0 amide bonds. The Kier molecular flexibility index (Phi) is 4.81. The van der Waals surface area contributed by atoms with Gasteiger partial charge in [-0.05, 0) is 57.8 Å². The fraction of sp³-hybridized carbons (Fsp3) is 0.643. The van der Waals surface area contributed by atoms with Crippen molar-refractivity contribution in [1.29, 1.82) is 0 Å². The van der Waals surface area contributed by atoms with Gasteiger partial charge in [0.25, 0.3) is 0 Å². The highest BCUT2D eigenvalue weighted by molar-refractivity contribution is 5.50. The van der Waals surface area contributed by atoms with Crippen molar-refractivity contribution in [3.63, 3.8) is 0 Å². The third-order valence-electron chi connectivity index (χ3n) is 3.48. The minimum absolute atomic E-state index is 0.409. The van der Waals surface area contributed by atoms with Crippen LogP contribution in [0.15, 0.2) is 18.3 Å². The quantitative estimate of drug-likeness (QED) is 0.840. The van der Waals surface area contributed by atoms with Gasteiger partial charge < -0.3 is 15.4 Å². The van der Waals surface area contributed by atoms with Crippen molar-refractivity contribution in [3.05, 3.63) is 18.3 Å². The molecule has 2 atom stereocenters. The molecule has 0 spiro atoms. The second-order valence-electron chi connectivity index (χ2n) is 4.82. The maximum atomic E-state index is 5.58. The first kappa shape index (κ1) is 13.1. The summed E-state index contributed by atoms with van der Waals surface area (Å²) < 4.78 is 5.58. The van der Waals surface area contributed by atoms with Crippen molar-refractivity contribution in [1.82, 2.24) is 10.3 Å². The monoisotopic (exact) mass is 249 g/mol. The van der Waals surface area contributed by atoms with Crippen LogP contribution in [0.4, 0.5) is 5.82 Å². The van der Waals surface area contributed by atoms with Gasteiger partial charge in [-0.2, -0.15) is 0 Å². The van der Waals surface area contributed by atoms with E-state index >= 15 is 0 Å². The molecule has 0 aliphatic carbocycles. The fourth-order valence-corrected chi connectivity index (χ4v) is 2.41. The standard InChI is InChI=1S/C14H23N3O/c1-3-18-13-7-5-9-16-14(13)17-11(2)12-6-4-8-15-10-12/h5,7,9,11-12,15H,3-4,6,8,10H2,1-2H3,(H,16,17). The highest BCUT2D eigenvalue weighted by Gasteiger charge is 2.20. The number of aromatic nitrogens is 1. The van der Waals surface area contributed by atoms with Gasteiger partial charge in [0, 0.05) is 12.2 Å². The maximum absolute atomic E-state index is 5.58. The van der Waals surface area contributed by atoms with Crippen LogP contribution in [0.3, 0.4) is 0 Å². The summed E-state index contributed by atoms with van der Waals surface area (Å²) in [5, 5.41) is 6.94. The van der Waals surface area contributed by atoms with Crippen LogP contribution >= 0.6 is 0 Å². The first-order valence-electron chi connectivity index (χ1n) is 6.86. The van der Waals surface area contributed by atoms with Crippen LogP contribution in [0, 0.1) is 5.92 Å². The van der Waals surface area contributed by atoms with Gasteiger partial charge in [-0.1, -0.05) is 0 Å². The smallest absolute Gasteiger partial charge is 0.168 e. The molecule has 1 saturated heterocycles. The number of hydrogen-bond donors (Lipinski definition) is 2. The predicted molar refractivity (Wildman–Crippen MR) is 74.1 cm³/mol. The van der Waals surface area contributed by atoms with E-state index in [4.69, 9.17) is 4.74 Å². The molecule has 1 aromatic rings. The summed E-state index contributed by atoms with van der Waals surface area (Å²) in [7, 11) is 0. The van der Waals surface area contributed by atoms with Gasteiger partial charge in [0.05, 0.1) is 6.61 Å². The molecule has 2 N–H and O–H groups in total. The third-order valence-corrected chi connectivity index (χ3v) is 3.48. The second kappa shape index (κ2) is 6.59. The molecule has 2 heterocycles. The van der Waals surface area contributed by atoms with Gasteiger partial charge in [0.15, 0.2) is 11.6 Å². The summed E-state index contributed by atoms with van der Waals surface area (Å²) in [5.74, 6) is 2.36. The van der Waals surface area contributed by atoms with Crippen LogP contribution in [0.5, 0.6) is 5.75 Å². The van der Waals surface area contributed by atoms with Gasteiger partial charge in [0.1, 0.15) is 0 Å². The molecule has 100 valence electrons. The molecule has 1 aliphatic rings. The molecule has 1 aromatic heterocycles. The summed E-state index contributed by atoms with van der Waals surface area (Å²) in [4.78, 5) is 4.38. The van der Waals surface area contributed by atoms with E-state index in [1.807, 2.05) is 19.1 Å². The number of hydrogen-bond acceptors (Lipinski definition) is 4. The van der Waals surface area contributed by atoms with E-state index < -0.39 is 0 Å². The van der Waals surface area contributed by atoms with Gasteiger partial charge in [-0.3, -0.25) is 0 Å². The number of pyridine rings is 1. The van der Waals surface area contributed by atoms with E-state index in [0.717, 1.165) is 24.7 Å². The molecule has 0 radical (unpaired) electrons. The van der Waals surface area contributed by atoms with Crippen molar-refractivity contribution in [2.45, 2.75) is 32.7 Å². The van der Waals surface area contributed by atoms with Crippen molar-refractivity contribution in [2.75, 3.05) is 25.0 Å². The lowest BCUT2D eigenvalue weighted by Crippen LogP contribution is -2.39. The van der Waals surface area contributed by atoms with Gasteiger partial charge in [-0.15, -0.1) is 0 Å². The van der Waals surface area contributed by atoms with E-state index in [2.05, 4.69) is 22.5 Å². The van der Waals surface area contributed by atoms with Crippen molar-refractivity contribution >= 4 is 5.82 Å². The molecule has 1 fully saturated rings. The van der Waals surface area contributed by atoms with E-state index in [1.54, 1.807) is 6.20 Å². The van der Waals surface area contributed by atoms with E-state index in [0.29, 0.717) is 18.6 Å². The third kappa shape index (κ3) is 3.35. The summed E-state index contributed by atoms with van der Waals surface area (Å²) in [6, 6.07) is 4.28. The Balaban J connectivity index is 1.99. The van der Waals surface area contributed by atoms with Crippen LogP contribution < -0.4 is 15.4 Å². The number of piperidine rings is 1. The molecular formula is C14H23N3O. The number of nitrogens with zero attached hydrogens (tertiary/aromatic N) is 1. The van der Waals surface area contributed by atoms with Crippen LogP contribution in [0.1, 0.15) is 26.7 Å². The number of nitrogens with one attached hydrogen (secondary N) is 2. The largest absolute Gasteiger partial charge is 0.490 e. The highest BCUT2D eigenvalue weighted by Crippen LogP contribution is 2.24. The predicted octanol–water partition coefficient (Wildman–Crippen LogP) is 2.28. The Hall–Kier alpha value is -1.29. The molecule has 2 rings (SSSR count). The summed E-state index contributed by atoms with van der Waals surface area (Å²) in [6.07, 6.45) is 4.34. The molecule has 0 bridgehead atoms. The first-order valence-corrected chi connectivity index (χ1v) is 6.86. The summed E-state index contributed by atoms with van der Waals surface area (Å²) in [6.45, 7) is 7.12. The molecule has 1 aliphatic heterocycles. The van der Waals surface area contributed by atoms with E-state index in [1.165, 1.54) is 12.8 Å². The van der Waals surface area contributed by atoms with Crippen LogP contribution in [-0.4, -0.2) is 30.7 Å². The summed E-state index contributed by atoms with van der Waals surface area (Å²) in [5.41, 5.74) is 0. The lowest BCUT2D eigenvalue weighted by atomic mass is 9.93. The molecule has 4 nitrogen and oxygen atoms in total. The average molecular weight is 249 g/mol. The molecular weight excluding hydrogens is 226 g/mol. The van der Waals surface area contributed by atoms with Gasteiger partial charge >= 0.3 is 0 Å². The molecule has 18 heavy (non-hydrogen) atoms. The number of rotatable bonds is 5. The Labute approximate surface area is 109 Å². The average Bonchev–Trinajstić information content (AvgIpc) is 2.42. The highest BCUT2D eigenvalue weighted by atomic mass is 16.5. The fourth-order valence-electron chi connectivity index (χ4n) is 2.41. The van der Waals surface area contributed by atoms with Gasteiger partial charge in [-0.25, -0.2) is 4.98 Å². The van der Waals surface area contributed by atoms with E-state index in [-0.39, 0.29) is 0 Å². The minimum atomic E-state index is 0.409. The molecule has 0 saturated carbocycles. The molecule has 4 heteroatoms. The number of anilines is 1. The van der Waals surface area contributed by atoms with Crippen LogP contribution in [0.2, 0.25) is 0 Å². The minimum Gasteiger partial charge on any atom is -0.490 e. The Morgan fingerprint density at radius 3 is 3.22 bits per heavy atom.